The normalized spacial score (nSPS) is 16.4. The summed E-state index contributed by atoms with van der Waals surface area (Å²) in [6.07, 6.45) is 3.21. The number of carbonyl (C=O) groups excluding carboxylic acids is 2. The first-order valence-corrected chi connectivity index (χ1v) is 11.0. The Morgan fingerprint density at radius 2 is 2.17 bits per heavy atom. The van der Waals surface area contributed by atoms with Crippen molar-refractivity contribution < 1.29 is 23.8 Å². The van der Waals surface area contributed by atoms with E-state index in [1.54, 1.807) is 30.3 Å². The summed E-state index contributed by atoms with van der Waals surface area (Å²) in [5.74, 6) is -1.32. The fourth-order valence-corrected chi connectivity index (χ4v) is 4.50. The molecule has 30 heavy (non-hydrogen) atoms. The third-order valence-electron chi connectivity index (χ3n) is 4.46. The van der Waals surface area contributed by atoms with Crippen LogP contribution in [0, 0.1) is 0 Å². The number of hydrogen-bond acceptors (Lipinski definition) is 9. The number of hydrogen-bond donors (Lipinski definition) is 1. The molecule has 1 aliphatic heterocycles. The number of Topliss-reactive ketones (excluding diaryl/α,β-unsaturated/α-hetero) is 1. The molecule has 1 aromatic carbocycles. The van der Waals surface area contributed by atoms with Gasteiger partial charge in [-0.2, -0.15) is 0 Å². The molecule has 0 spiro atoms. The van der Waals surface area contributed by atoms with Gasteiger partial charge in [-0.3, -0.25) is 14.5 Å². The number of thioether (sulfide) groups is 1. The molecule has 1 aliphatic rings. The lowest BCUT2D eigenvalue weighted by molar-refractivity contribution is -0.117. The van der Waals surface area contributed by atoms with Gasteiger partial charge in [0.25, 0.3) is 5.91 Å². The highest BCUT2D eigenvalue weighted by Crippen LogP contribution is 2.44. The van der Waals surface area contributed by atoms with Crippen molar-refractivity contribution in [3.05, 3.63) is 65.3 Å². The van der Waals surface area contributed by atoms with Crippen molar-refractivity contribution in [1.82, 2.24) is 10.2 Å². The maximum atomic E-state index is 13.1. The van der Waals surface area contributed by atoms with E-state index in [1.165, 1.54) is 40.3 Å². The van der Waals surface area contributed by atoms with Crippen molar-refractivity contribution in [3.63, 3.8) is 0 Å². The molecule has 0 fully saturated rings. The number of aliphatic hydroxyl groups is 1. The molecule has 1 unspecified atom stereocenters. The summed E-state index contributed by atoms with van der Waals surface area (Å²) in [5.41, 5.74) is 0.513. The lowest BCUT2D eigenvalue weighted by Crippen LogP contribution is -2.31. The summed E-state index contributed by atoms with van der Waals surface area (Å²) in [7, 11) is 0. The first-order chi connectivity index (χ1) is 14.5. The van der Waals surface area contributed by atoms with E-state index in [-0.39, 0.29) is 16.5 Å². The fraction of sp³-hybridized carbons (Fsp3) is 0.200. The highest BCUT2D eigenvalue weighted by molar-refractivity contribution is 8.00. The van der Waals surface area contributed by atoms with E-state index in [9.17, 15) is 14.7 Å². The molecule has 3 aromatic rings. The molecule has 0 saturated heterocycles. The lowest BCUT2D eigenvalue weighted by atomic mass is 9.95. The number of benzene rings is 1. The molecule has 154 valence electrons. The third kappa shape index (κ3) is 3.48. The maximum absolute atomic E-state index is 13.1. The number of rotatable bonds is 7. The summed E-state index contributed by atoms with van der Waals surface area (Å²) in [6.45, 7) is 2.32. The average molecular weight is 444 g/mol. The van der Waals surface area contributed by atoms with Crippen LogP contribution in [0.5, 0.6) is 5.75 Å². The van der Waals surface area contributed by atoms with Gasteiger partial charge in [0.1, 0.15) is 5.75 Å². The van der Waals surface area contributed by atoms with Gasteiger partial charge in [-0.25, -0.2) is 0 Å². The Labute approximate surface area is 180 Å². The van der Waals surface area contributed by atoms with E-state index in [0.717, 1.165) is 0 Å². The number of ketones is 1. The second kappa shape index (κ2) is 8.33. The maximum Gasteiger partial charge on any atom is 0.296 e. The molecule has 1 N–H and O–H groups in total. The van der Waals surface area contributed by atoms with Crippen LogP contribution in [0.1, 0.15) is 29.1 Å². The van der Waals surface area contributed by atoms with Crippen molar-refractivity contribution in [2.45, 2.75) is 17.3 Å². The van der Waals surface area contributed by atoms with Gasteiger partial charge in [0.2, 0.25) is 10.9 Å². The van der Waals surface area contributed by atoms with Crippen LogP contribution >= 0.6 is 23.1 Å². The number of furan rings is 1. The van der Waals surface area contributed by atoms with Gasteiger partial charge in [0.05, 0.1) is 24.5 Å². The first kappa shape index (κ1) is 20.2. The van der Waals surface area contributed by atoms with E-state index < -0.39 is 23.5 Å². The number of carbonyl (C=O) groups is 2. The quantitative estimate of drug-likeness (QED) is 0.331. The average Bonchev–Trinajstić information content (AvgIpc) is 3.49. The SMILES string of the molecule is CCOc1cccc(C2C(C(=O)c3ccco3)=C(O)C(=O)N2c2nnc(SC)s2)c1. The second-order valence-corrected chi connectivity index (χ2v) is 8.22. The number of nitrogens with zero attached hydrogens (tertiary/aromatic N) is 3. The summed E-state index contributed by atoms with van der Waals surface area (Å²) in [6, 6.07) is 9.19. The van der Waals surface area contributed by atoms with E-state index in [4.69, 9.17) is 9.15 Å². The molecule has 0 saturated carbocycles. The van der Waals surface area contributed by atoms with Gasteiger partial charge in [-0.1, -0.05) is 35.2 Å². The van der Waals surface area contributed by atoms with Crippen molar-refractivity contribution in [2.75, 3.05) is 17.8 Å². The van der Waals surface area contributed by atoms with Crippen molar-refractivity contribution >= 4 is 39.9 Å². The molecule has 1 amide bonds. The number of anilines is 1. The number of aromatic nitrogens is 2. The minimum atomic E-state index is -0.904. The topological polar surface area (TPSA) is 106 Å². The molecule has 0 radical (unpaired) electrons. The zero-order valence-corrected chi connectivity index (χ0v) is 17.7. The van der Waals surface area contributed by atoms with Gasteiger partial charge >= 0.3 is 0 Å². The Balaban J connectivity index is 1.86. The van der Waals surface area contributed by atoms with Crippen molar-refractivity contribution in [3.8, 4) is 5.75 Å². The third-order valence-corrected chi connectivity index (χ3v) is 6.36. The predicted molar refractivity (Wildman–Crippen MR) is 112 cm³/mol. The Kier molecular flexibility index (Phi) is 5.60. The molecule has 1 atom stereocenters. The molecule has 2 aromatic heterocycles. The highest BCUT2D eigenvalue weighted by atomic mass is 32.2. The van der Waals surface area contributed by atoms with Gasteiger partial charge in [0.15, 0.2) is 15.9 Å². The van der Waals surface area contributed by atoms with Crippen LogP contribution in [0.25, 0.3) is 0 Å². The molecule has 10 heteroatoms. The smallest absolute Gasteiger partial charge is 0.296 e. The Morgan fingerprint density at radius 1 is 1.33 bits per heavy atom. The lowest BCUT2D eigenvalue weighted by Gasteiger charge is -2.24. The summed E-state index contributed by atoms with van der Waals surface area (Å²) in [5, 5.41) is 19.1. The zero-order chi connectivity index (χ0) is 21.3. The monoisotopic (exact) mass is 443 g/mol. The van der Waals surface area contributed by atoms with Crippen LogP contribution in [-0.2, 0) is 4.79 Å². The van der Waals surface area contributed by atoms with Crippen LogP contribution in [0.4, 0.5) is 5.13 Å². The van der Waals surface area contributed by atoms with Gasteiger partial charge in [-0.05, 0) is 43.0 Å². The molecular formula is C20H17N3O5S2. The summed E-state index contributed by atoms with van der Waals surface area (Å²) >= 11 is 2.59. The summed E-state index contributed by atoms with van der Waals surface area (Å²) in [4.78, 5) is 27.4. The first-order valence-electron chi connectivity index (χ1n) is 9.00. The van der Waals surface area contributed by atoms with Crippen LogP contribution in [0.15, 0.2) is 62.8 Å². The standard InChI is InChI=1S/C20H17N3O5S2/c1-3-27-12-7-4-6-11(10-12)15-14(16(24)13-8-5-9-28-13)17(25)18(26)23(15)19-21-22-20(29-2)30-19/h4-10,15,25H,3H2,1-2H3. The predicted octanol–water partition coefficient (Wildman–Crippen LogP) is 4.03. The number of ether oxygens (including phenoxy) is 1. The summed E-state index contributed by atoms with van der Waals surface area (Å²) < 4.78 is 11.5. The molecule has 8 nitrogen and oxygen atoms in total. The van der Waals surface area contributed by atoms with Gasteiger partial charge in [-0.15, -0.1) is 10.2 Å². The zero-order valence-electron chi connectivity index (χ0n) is 16.1. The second-order valence-electron chi connectivity index (χ2n) is 6.21. The molecular weight excluding hydrogens is 426 g/mol. The van der Waals surface area contributed by atoms with E-state index in [1.807, 2.05) is 13.2 Å². The molecule has 0 aliphatic carbocycles. The van der Waals surface area contributed by atoms with Gasteiger partial charge < -0.3 is 14.3 Å². The van der Waals surface area contributed by atoms with E-state index in [2.05, 4.69) is 10.2 Å². The highest BCUT2D eigenvalue weighted by Gasteiger charge is 2.46. The fourth-order valence-electron chi connectivity index (χ4n) is 3.21. The Bertz CT molecular complexity index is 1120. The minimum Gasteiger partial charge on any atom is -0.503 e. The van der Waals surface area contributed by atoms with Crippen LogP contribution in [0.2, 0.25) is 0 Å². The van der Waals surface area contributed by atoms with Gasteiger partial charge in [0, 0.05) is 0 Å². The van der Waals surface area contributed by atoms with Crippen LogP contribution in [-0.4, -0.2) is 39.9 Å². The van der Waals surface area contributed by atoms with Crippen LogP contribution in [0.3, 0.4) is 0 Å². The number of aliphatic hydroxyl groups excluding tert-OH is 1. The van der Waals surface area contributed by atoms with E-state index in [0.29, 0.717) is 22.3 Å². The number of amides is 1. The van der Waals surface area contributed by atoms with Crippen molar-refractivity contribution in [2.24, 2.45) is 0 Å². The molecule has 0 bridgehead atoms. The van der Waals surface area contributed by atoms with Crippen LogP contribution < -0.4 is 9.64 Å². The Morgan fingerprint density at radius 3 is 2.83 bits per heavy atom. The Hall–Kier alpha value is -3.11. The molecule has 3 heterocycles. The minimum absolute atomic E-state index is 0.0271. The van der Waals surface area contributed by atoms with E-state index >= 15 is 0 Å². The van der Waals surface area contributed by atoms with Crippen molar-refractivity contribution in [1.29, 1.82) is 0 Å². The molecule has 4 rings (SSSR count). The largest absolute Gasteiger partial charge is 0.503 e.